The number of fused-ring (bicyclic) bond motifs is 1. The summed E-state index contributed by atoms with van der Waals surface area (Å²) in [6.45, 7) is 2.01. The van der Waals surface area contributed by atoms with Gasteiger partial charge >= 0.3 is 0 Å². The first-order valence-electron chi connectivity index (χ1n) is 7.27. The Balaban J connectivity index is 1.50. The summed E-state index contributed by atoms with van der Waals surface area (Å²) in [5, 5.41) is 1.28. The molecule has 0 saturated carbocycles. The monoisotopic (exact) mass is 296 g/mol. The van der Waals surface area contributed by atoms with Crippen molar-refractivity contribution in [1.82, 2.24) is 15.0 Å². The normalized spacial score (nSPS) is 16.5. The minimum absolute atomic E-state index is 0.572. The Morgan fingerprint density at radius 3 is 2.52 bits per heavy atom. The van der Waals surface area contributed by atoms with E-state index in [1.165, 1.54) is 9.71 Å². The van der Waals surface area contributed by atoms with Gasteiger partial charge in [-0.1, -0.05) is 12.1 Å². The van der Waals surface area contributed by atoms with Crippen LogP contribution >= 0.6 is 11.3 Å². The fourth-order valence-electron chi connectivity index (χ4n) is 2.85. The average molecular weight is 296 g/mol. The second-order valence-electron chi connectivity index (χ2n) is 5.33. The lowest BCUT2D eigenvalue weighted by atomic mass is 9.98. The van der Waals surface area contributed by atoms with Gasteiger partial charge in [0.25, 0.3) is 0 Å². The summed E-state index contributed by atoms with van der Waals surface area (Å²) in [5.74, 6) is 1.42. The second-order valence-corrected chi connectivity index (χ2v) is 6.39. The van der Waals surface area contributed by atoms with Crippen molar-refractivity contribution >= 4 is 27.5 Å². The number of hydrogen-bond donors (Lipinski definition) is 0. The Morgan fingerprint density at radius 2 is 1.76 bits per heavy atom. The van der Waals surface area contributed by atoms with Gasteiger partial charge in [-0.2, -0.15) is 0 Å². The number of rotatable bonds is 2. The van der Waals surface area contributed by atoms with Crippen LogP contribution in [0, 0.1) is 0 Å². The van der Waals surface area contributed by atoms with E-state index < -0.39 is 0 Å². The van der Waals surface area contributed by atoms with E-state index in [4.69, 9.17) is 4.98 Å². The zero-order valence-corrected chi connectivity index (χ0v) is 12.5. The van der Waals surface area contributed by atoms with Gasteiger partial charge in [0.1, 0.15) is 0 Å². The van der Waals surface area contributed by atoms with E-state index in [-0.39, 0.29) is 0 Å². The molecule has 3 aromatic rings. The zero-order chi connectivity index (χ0) is 14.1. The highest BCUT2D eigenvalue weighted by Crippen LogP contribution is 2.34. The summed E-state index contributed by atoms with van der Waals surface area (Å²) in [4.78, 5) is 15.7. The molecule has 0 unspecified atom stereocenters. The van der Waals surface area contributed by atoms with Crippen molar-refractivity contribution in [3.8, 4) is 0 Å². The first kappa shape index (κ1) is 12.7. The summed E-state index contributed by atoms with van der Waals surface area (Å²) in [6, 6.07) is 10.3. The Morgan fingerprint density at radius 1 is 1.00 bits per heavy atom. The third kappa shape index (κ3) is 2.49. The number of hydrogen-bond acceptors (Lipinski definition) is 5. The molecule has 1 aliphatic heterocycles. The van der Waals surface area contributed by atoms with Crippen molar-refractivity contribution < 1.29 is 0 Å². The molecule has 0 bridgehead atoms. The molecule has 1 aliphatic rings. The Kier molecular flexibility index (Phi) is 3.27. The summed E-state index contributed by atoms with van der Waals surface area (Å²) in [7, 11) is 0. The van der Waals surface area contributed by atoms with Crippen LogP contribution in [-0.4, -0.2) is 28.0 Å². The fraction of sp³-hybridized carbons (Fsp3) is 0.312. The molecule has 0 radical (unpaired) electrons. The van der Waals surface area contributed by atoms with Crippen LogP contribution in [0.15, 0.2) is 42.7 Å². The predicted octanol–water partition coefficient (Wildman–Crippen LogP) is 3.47. The third-order valence-electron chi connectivity index (χ3n) is 3.99. The van der Waals surface area contributed by atoms with E-state index in [9.17, 15) is 0 Å². The molecule has 0 spiro atoms. The van der Waals surface area contributed by atoms with Crippen molar-refractivity contribution in [3.63, 3.8) is 0 Å². The largest absolute Gasteiger partial charge is 0.341 e. The van der Waals surface area contributed by atoms with E-state index in [0.29, 0.717) is 5.92 Å². The van der Waals surface area contributed by atoms with Crippen molar-refractivity contribution in [1.29, 1.82) is 0 Å². The van der Waals surface area contributed by atoms with E-state index in [0.717, 1.165) is 37.4 Å². The SMILES string of the molecule is c1cnc(N2CCC(c3nc4ccccc4s3)CC2)nc1. The lowest BCUT2D eigenvalue weighted by Crippen LogP contribution is -2.34. The highest BCUT2D eigenvalue weighted by Gasteiger charge is 2.24. The van der Waals surface area contributed by atoms with E-state index in [2.05, 4.69) is 39.1 Å². The molecule has 0 atom stereocenters. The molecule has 4 nitrogen and oxygen atoms in total. The summed E-state index contributed by atoms with van der Waals surface area (Å²) >= 11 is 1.84. The third-order valence-corrected chi connectivity index (χ3v) is 5.19. The van der Waals surface area contributed by atoms with Crippen LogP contribution in [0.5, 0.6) is 0 Å². The number of nitrogens with zero attached hydrogens (tertiary/aromatic N) is 4. The van der Waals surface area contributed by atoms with E-state index >= 15 is 0 Å². The first-order valence-corrected chi connectivity index (χ1v) is 8.09. The molecule has 3 heterocycles. The number of aromatic nitrogens is 3. The van der Waals surface area contributed by atoms with Gasteiger partial charge in [0, 0.05) is 31.4 Å². The zero-order valence-electron chi connectivity index (χ0n) is 11.6. The Hall–Kier alpha value is -2.01. The van der Waals surface area contributed by atoms with Gasteiger partial charge in [-0.15, -0.1) is 11.3 Å². The molecule has 0 aliphatic carbocycles. The van der Waals surface area contributed by atoms with Crippen LogP contribution < -0.4 is 4.90 Å². The molecule has 5 heteroatoms. The molecule has 1 saturated heterocycles. The Bertz CT molecular complexity index is 699. The number of para-hydroxylation sites is 1. The van der Waals surface area contributed by atoms with Crippen LogP contribution in [0.2, 0.25) is 0 Å². The summed E-state index contributed by atoms with van der Waals surface area (Å²) in [6.07, 6.45) is 5.86. The van der Waals surface area contributed by atoms with Crippen molar-refractivity contribution in [2.45, 2.75) is 18.8 Å². The maximum Gasteiger partial charge on any atom is 0.225 e. The molecule has 1 aromatic carbocycles. The summed E-state index contributed by atoms with van der Waals surface area (Å²) < 4.78 is 1.29. The van der Waals surface area contributed by atoms with Gasteiger partial charge < -0.3 is 4.90 Å². The molecular weight excluding hydrogens is 280 g/mol. The van der Waals surface area contributed by atoms with Crippen LogP contribution in [0.3, 0.4) is 0 Å². The predicted molar refractivity (Wildman–Crippen MR) is 85.8 cm³/mol. The highest BCUT2D eigenvalue weighted by atomic mass is 32.1. The van der Waals surface area contributed by atoms with Crippen LogP contribution in [0.1, 0.15) is 23.8 Å². The molecule has 4 rings (SSSR count). The lowest BCUT2D eigenvalue weighted by Gasteiger charge is -2.30. The average Bonchev–Trinajstić information content (AvgIpc) is 3.00. The van der Waals surface area contributed by atoms with Gasteiger partial charge in [-0.3, -0.25) is 0 Å². The molecular formula is C16H16N4S. The standard InChI is InChI=1S/C16H16N4S/c1-2-5-14-13(4-1)19-15(21-14)12-6-10-20(11-7-12)16-17-8-3-9-18-16/h1-5,8-9,12H,6-7,10-11H2. The van der Waals surface area contributed by atoms with E-state index in [1.54, 1.807) is 0 Å². The number of benzene rings is 1. The van der Waals surface area contributed by atoms with Gasteiger partial charge in [0.2, 0.25) is 5.95 Å². The number of anilines is 1. The van der Waals surface area contributed by atoms with Gasteiger partial charge in [0.05, 0.1) is 15.2 Å². The Labute approximate surface area is 127 Å². The molecule has 1 fully saturated rings. The van der Waals surface area contributed by atoms with Crippen molar-refractivity contribution in [2.75, 3.05) is 18.0 Å². The smallest absolute Gasteiger partial charge is 0.225 e. The lowest BCUT2D eigenvalue weighted by molar-refractivity contribution is 0.498. The van der Waals surface area contributed by atoms with Crippen LogP contribution in [-0.2, 0) is 0 Å². The minimum Gasteiger partial charge on any atom is -0.341 e. The minimum atomic E-state index is 0.572. The first-order chi connectivity index (χ1) is 10.4. The second kappa shape index (κ2) is 5.41. The quantitative estimate of drug-likeness (QED) is 0.726. The number of thiazole rings is 1. The van der Waals surface area contributed by atoms with Crippen LogP contribution in [0.25, 0.3) is 10.2 Å². The number of piperidine rings is 1. The highest BCUT2D eigenvalue weighted by molar-refractivity contribution is 7.18. The molecule has 2 aromatic heterocycles. The topological polar surface area (TPSA) is 41.9 Å². The van der Waals surface area contributed by atoms with Gasteiger partial charge in [0.15, 0.2) is 0 Å². The van der Waals surface area contributed by atoms with Crippen molar-refractivity contribution in [3.05, 3.63) is 47.7 Å². The fourth-order valence-corrected chi connectivity index (χ4v) is 3.98. The van der Waals surface area contributed by atoms with E-state index in [1.807, 2.05) is 29.8 Å². The van der Waals surface area contributed by atoms with Gasteiger partial charge in [-0.25, -0.2) is 15.0 Å². The molecule has 0 amide bonds. The maximum atomic E-state index is 4.80. The van der Waals surface area contributed by atoms with Gasteiger partial charge in [-0.05, 0) is 31.0 Å². The molecule has 21 heavy (non-hydrogen) atoms. The maximum absolute atomic E-state index is 4.80. The van der Waals surface area contributed by atoms with Crippen molar-refractivity contribution in [2.24, 2.45) is 0 Å². The molecule has 0 N–H and O–H groups in total. The van der Waals surface area contributed by atoms with Crippen LogP contribution in [0.4, 0.5) is 5.95 Å². The summed E-state index contributed by atoms with van der Waals surface area (Å²) in [5.41, 5.74) is 1.13. The molecule has 106 valence electrons.